The van der Waals surface area contributed by atoms with Crippen molar-refractivity contribution >= 4 is 12.0 Å². The van der Waals surface area contributed by atoms with Crippen LogP contribution in [-0.4, -0.2) is 28.5 Å². The fraction of sp³-hybridized carbons (Fsp3) is 0.136. The van der Waals surface area contributed by atoms with E-state index in [9.17, 15) is 4.79 Å². The predicted octanol–water partition coefficient (Wildman–Crippen LogP) is 3.28. The molecule has 1 N–H and O–H groups in total. The first-order valence-corrected chi connectivity index (χ1v) is 8.85. The van der Waals surface area contributed by atoms with Gasteiger partial charge in [-0.05, 0) is 35.4 Å². The summed E-state index contributed by atoms with van der Waals surface area (Å²) in [6.07, 6.45) is 9.12. The fourth-order valence-corrected chi connectivity index (χ4v) is 3.05. The van der Waals surface area contributed by atoms with E-state index in [1.165, 1.54) is 0 Å². The van der Waals surface area contributed by atoms with Crippen molar-refractivity contribution in [1.82, 2.24) is 15.3 Å². The molecule has 1 amide bonds. The van der Waals surface area contributed by atoms with Gasteiger partial charge < -0.3 is 10.1 Å². The largest absolute Gasteiger partial charge is 0.488 e. The van der Waals surface area contributed by atoms with Crippen LogP contribution in [0.4, 0.5) is 0 Å². The van der Waals surface area contributed by atoms with Crippen LogP contribution in [0.5, 0.6) is 5.75 Å². The summed E-state index contributed by atoms with van der Waals surface area (Å²) in [5, 5.41) is 2.90. The minimum Gasteiger partial charge on any atom is -0.488 e. The van der Waals surface area contributed by atoms with Crippen LogP contribution in [0, 0.1) is 0 Å². The molecule has 134 valence electrons. The Labute approximate surface area is 157 Å². The molecule has 5 heteroatoms. The molecule has 0 fully saturated rings. The zero-order chi connectivity index (χ0) is 18.5. The van der Waals surface area contributed by atoms with E-state index in [-0.39, 0.29) is 12.0 Å². The summed E-state index contributed by atoms with van der Waals surface area (Å²) >= 11 is 0. The van der Waals surface area contributed by atoms with Gasteiger partial charge in [-0.15, -0.1) is 0 Å². The van der Waals surface area contributed by atoms with Crippen molar-refractivity contribution in [3.05, 3.63) is 84.3 Å². The number of ether oxygens (including phenoxy) is 1. The number of amides is 1. The second-order valence-corrected chi connectivity index (χ2v) is 6.35. The van der Waals surface area contributed by atoms with Crippen LogP contribution in [0.2, 0.25) is 0 Å². The maximum atomic E-state index is 12.0. The zero-order valence-electron chi connectivity index (χ0n) is 14.7. The Morgan fingerprint density at radius 2 is 2.07 bits per heavy atom. The first-order chi connectivity index (χ1) is 13.3. The van der Waals surface area contributed by atoms with Crippen molar-refractivity contribution < 1.29 is 9.53 Å². The molecule has 0 saturated heterocycles. The predicted molar refractivity (Wildman–Crippen MR) is 104 cm³/mol. The van der Waals surface area contributed by atoms with Gasteiger partial charge in [-0.3, -0.25) is 14.8 Å². The van der Waals surface area contributed by atoms with Crippen molar-refractivity contribution in [3.8, 4) is 17.0 Å². The fourth-order valence-electron chi connectivity index (χ4n) is 3.05. The summed E-state index contributed by atoms with van der Waals surface area (Å²) in [6, 6.07) is 15.7. The highest BCUT2D eigenvalue weighted by Gasteiger charge is 2.23. The van der Waals surface area contributed by atoms with E-state index in [1.807, 2.05) is 42.5 Å². The highest BCUT2D eigenvalue weighted by molar-refractivity contribution is 5.91. The normalized spacial score (nSPS) is 15.3. The van der Waals surface area contributed by atoms with Gasteiger partial charge in [0.1, 0.15) is 11.9 Å². The van der Waals surface area contributed by atoms with Crippen LogP contribution in [0.25, 0.3) is 17.3 Å². The molecular formula is C22H19N3O2. The van der Waals surface area contributed by atoms with E-state index in [1.54, 1.807) is 30.7 Å². The summed E-state index contributed by atoms with van der Waals surface area (Å²) in [6.45, 7) is 0.465. The Morgan fingerprint density at radius 1 is 1.19 bits per heavy atom. The standard InChI is InChI=1S/C22H19N3O2/c26-22(9-6-16-4-2-1-3-5-16)25-14-19-13-18-12-17(7-8-21(18)27-19)20-15-23-10-11-24-20/h1-12,15,19H,13-14H2,(H,25,26)/b9-6+/t19-/m1/s1. The molecule has 27 heavy (non-hydrogen) atoms. The van der Waals surface area contributed by atoms with Gasteiger partial charge in [0.2, 0.25) is 5.91 Å². The number of carbonyl (C=O) groups excluding carboxylic acids is 1. The number of nitrogens with one attached hydrogen (secondary N) is 1. The van der Waals surface area contributed by atoms with E-state index in [2.05, 4.69) is 21.4 Å². The molecule has 0 saturated carbocycles. The first kappa shape index (κ1) is 17.0. The van der Waals surface area contributed by atoms with Crippen molar-refractivity contribution in [2.24, 2.45) is 0 Å². The minimum atomic E-state index is -0.126. The molecule has 0 aliphatic carbocycles. The lowest BCUT2D eigenvalue weighted by Gasteiger charge is -2.10. The maximum Gasteiger partial charge on any atom is 0.244 e. The van der Waals surface area contributed by atoms with Crippen molar-refractivity contribution in [3.63, 3.8) is 0 Å². The molecule has 1 aliphatic heterocycles. The zero-order valence-corrected chi connectivity index (χ0v) is 14.7. The molecular weight excluding hydrogens is 338 g/mol. The maximum absolute atomic E-state index is 12.0. The van der Waals surface area contributed by atoms with Crippen LogP contribution in [0.3, 0.4) is 0 Å². The molecule has 1 aliphatic rings. The Kier molecular flexibility index (Phi) is 4.92. The number of aromatic nitrogens is 2. The van der Waals surface area contributed by atoms with Crippen molar-refractivity contribution in [2.75, 3.05) is 6.54 Å². The molecule has 3 aromatic rings. The summed E-state index contributed by atoms with van der Waals surface area (Å²) in [7, 11) is 0. The van der Waals surface area contributed by atoms with E-state index in [0.29, 0.717) is 6.54 Å². The Balaban J connectivity index is 1.33. The van der Waals surface area contributed by atoms with Crippen LogP contribution in [0.1, 0.15) is 11.1 Å². The number of nitrogens with zero attached hydrogens (tertiary/aromatic N) is 2. The van der Waals surface area contributed by atoms with E-state index >= 15 is 0 Å². The number of carbonyl (C=O) groups is 1. The van der Waals surface area contributed by atoms with Gasteiger partial charge in [0.15, 0.2) is 0 Å². The average molecular weight is 357 g/mol. The van der Waals surface area contributed by atoms with Gasteiger partial charge in [-0.1, -0.05) is 30.3 Å². The average Bonchev–Trinajstić information content (AvgIpc) is 3.14. The monoisotopic (exact) mass is 357 g/mol. The molecule has 2 heterocycles. The molecule has 0 spiro atoms. The Morgan fingerprint density at radius 3 is 2.89 bits per heavy atom. The summed E-state index contributed by atoms with van der Waals surface area (Å²) in [5.41, 5.74) is 3.97. The second-order valence-electron chi connectivity index (χ2n) is 6.35. The first-order valence-electron chi connectivity index (χ1n) is 8.85. The van der Waals surface area contributed by atoms with Gasteiger partial charge in [-0.25, -0.2) is 0 Å². The Bertz CT molecular complexity index is 956. The van der Waals surface area contributed by atoms with Gasteiger partial charge >= 0.3 is 0 Å². The van der Waals surface area contributed by atoms with Gasteiger partial charge in [0.25, 0.3) is 0 Å². The Hall–Kier alpha value is -3.47. The quantitative estimate of drug-likeness (QED) is 0.712. The van der Waals surface area contributed by atoms with E-state index < -0.39 is 0 Å². The van der Waals surface area contributed by atoms with Crippen LogP contribution >= 0.6 is 0 Å². The van der Waals surface area contributed by atoms with Crippen LogP contribution in [0.15, 0.2) is 73.2 Å². The number of hydrogen-bond acceptors (Lipinski definition) is 4. The second kappa shape index (κ2) is 7.83. The smallest absolute Gasteiger partial charge is 0.244 e. The summed E-state index contributed by atoms with van der Waals surface area (Å²) < 4.78 is 5.94. The molecule has 1 aromatic heterocycles. The van der Waals surface area contributed by atoms with E-state index in [4.69, 9.17) is 4.74 Å². The summed E-state index contributed by atoms with van der Waals surface area (Å²) in [4.78, 5) is 20.5. The van der Waals surface area contributed by atoms with Gasteiger partial charge in [-0.2, -0.15) is 0 Å². The lowest BCUT2D eigenvalue weighted by Crippen LogP contribution is -2.33. The SMILES string of the molecule is O=C(/C=C/c1ccccc1)NC[C@H]1Cc2cc(-c3cnccn3)ccc2O1. The van der Waals surface area contributed by atoms with Crippen molar-refractivity contribution in [1.29, 1.82) is 0 Å². The van der Waals surface area contributed by atoms with Crippen LogP contribution < -0.4 is 10.1 Å². The van der Waals surface area contributed by atoms with Crippen LogP contribution in [-0.2, 0) is 11.2 Å². The molecule has 0 unspecified atom stereocenters. The molecule has 0 bridgehead atoms. The minimum absolute atomic E-state index is 0.0637. The number of rotatable bonds is 5. The third-order valence-corrected chi connectivity index (χ3v) is 4.39. The van der Waals surface area contributed by atoms with Crippen molar-refractivity contribution in [2.45, 2.75) is 12.5 Å². The third kappa shape index (κ3) is 4.20. The molecule has 0 radical (unpaired) electrons. The lowest BCUT2D eigenvalue weighted by molar-refractivity contribution is -0.116. The van der Waals surface area contributed by atoms with Gasteiger partial charge in [0, 0.05) is 30.5 Å². The van der Waals surface area contributed by atoms with E-state index in [0.717, 1.165) is 34.6 Å². The third-order valence-electron chi connectivity index (χ3n) is 4.39. The molecule has 4 rings (SSSR count). The highest BCUT2D eigenvalue weighted by atomic mass is 16.5. The highest BCUT2D eigenvalue weighted by Crippen LogP contribution is 2.32. The number of benzene rings is 2. The number of fused-ring (bicyclic) bond motifs is 1. The molecule has 1 atom stereocenters. The molecule has 2 aromatic carbocycles. The summed E-state index contributed by atoms with van der Waals surface area (Å²) in [5.74, 6) is 0.736. The van der Waals surface area contributed by atoms with Gasteiger partial charge in [0.05, 0.1) is 18.4 Å². The topological polar surface area (TPSA) is 64.1 Å². The molecule has 5 nitrogen and oxygen atoms in total. The number of hydrogen-bond donors (Lipinski definition) is 1. The lowest BCUT2D eigenvalue weighted by atomic mass is 10.0.